The first kappa shape index (κ1) is 18.3. The molecule has 0 radical (unpaired) electrons. The fraction of sp³-hybridized carbons (Fsp3) is 0.167. The molecule has 3 heterocycles. The van der Waals surface area contributed by atoms with Gasteiger partial charge < -0.3 is 13.9 Å². The van der Waals surface area contributed by atoms with Gasteiger partial charge in [0, 0.05) is 6.42 Å². The van der Waals surface area contributed by atoms with Crippen LogP contribution in [-0.4, -0.2) is 22.3 Å². The predicted octanol–water partition coefficient (Wildman–Crippen LogP) is 4.74. The maximum Gasteiger partial charge on any atom is 0.573 e. The second kappa shape index (κ2) is 6.83. The van der Waals surface area contributed by atoms with E-state index in [2.05, 4.69) is 14.7 Å². The Morgan fingerprint density at radius 1 is 1.14 bits per heavy atom. The van der Waals surface area contributed by atoms with Crippen LogP contribution >= 0.6 is 11.6 Å². The van der Waals surface area contributed by atoms with Crippen LogP contribution in [0.2, 0.25) is 5.28 Å². The molecule has 1 aliphatic heterocycles. The molecule has 1 unspecified atom stereocenters. The van der Waals surface area contributed by atoms with Gasteiger partial charge in [0.15, 0.2) is 5.76 Å². The maximum absolute atomic E-state index is 12.4. The molecular formula is C18H10ClF3N2O4. The molecule has 0 fully saturated rings. The van der Waals surface area contributed by atoms with Gasteiger partial charge in [-0.3, -0.25) is 0 Å². The Kier molecular flexibility index (Phi) is 4.46. The standard InChI is InChI=1S/C18H10ClF3N2O4/c19-17-23-14(11-2-1-7-26-11)13-15(24-17)12(27-16(13)25)8-9-3-5-10(6-4-9)28-18(20,21)22/h1-7,12H,8H2. The average Bonchev–Trinajstić information content (AvgIpc) is 3.24. The molecule has 0 aliphatic carbocycles. The van der Waals surface area contributed by atoms with Gasteiger partial charge in [-0.1, -0.05) is 12.1 Å². The van der Waals surface area contributed by atoms with E-state index >= 15 is 0 Å². The fourth-order valence-corrected chi connectivity index (χ4v) is 3.07. The van der Waals surface area contributed by atoms with Crippen LogP contribution in [-0.2, 0) is 11.2 Å². The number of nitrogens with zero attached hydrogens (tertiary/aromatic N) is 2. The summed E-state index contributed by atoms with van der Waals surface area (Å²) in [5, 5.41) is -0.0811. The van der Waals surface area contributed by atoms with Crippen molar-refractivity contribution in [1.82, 2.24) is 9.97 Å². The second-order valence-corrected chi connectivity index (χ2v) is 6.21. The van der Waals surface area contributed by atoms with Crippen LogP contribution in [0.3, 0.4) is 0 Å². The number of hydrogen-bond acceptors (Lipinski definition) is 6. The zero-order chi connectivity index (χ0) is 19.9. The van der Waals surface area contributed by atoms with Crippen molar-refractivity contribution < 1.29 is 31.9 Å². The van der Waals surface area contributed by atoms with Crippen molar-refractivity contribution in [2.75, 3.05) is 0 Å². The number of fused-ring (bicyclic) bond motifs is 1. The van der Waals surface area contributed by atoms with E-state index in [1.807, 2.05) is 0 Å². The van der Waals surface area contributed by atoms with Crippen molar-refractivity contribution in [2.24, 2.45) is 0 Å². The molecule has 144 valence electrons. The van der Waals surface area contributed by atoms with Crippen molar-refractivity contribution in [3.8, 4) is 17.2 Å². The molecule has 0 amide bonds. The summed E-state index contributed by atoms with van der Waals surface area (Å²) in [6.07, 6.45) is -3.90. The van der Waals surface area contributed by atoms with Gasteiger partial charge in [0.05, 0.1) is 6.26 Å². The fourth-order valence-electron chi connectivity index (χ4n) is 2.90. The Hall–Kier alpha value is -3.07. The van der Waals surface area contributed by atoms with Gasteiger partial charge in [-0.15, -0.1) is 13.2 Å². The van der Waals surface area contributed by atoms with Crippen molar-refractivity contribution in [2.45, 2.75) is 18.9 Å². The number of ether oxygens (including phenoxy) is 2. The lowest BCUT2D eigenvalue weighted by Crippen LogP contribution is -2.17. The molecule has 6 nitrogen and oxygen atoms in total. The second-order valence-electron chi connectivity index (χ2n) is 5.87. The number of benzene rings is 1. The number of hydrogen-bond donors (Lipinski definition) is 0. The first-order valence-corrected chi connectivity index (χ1v) is 8.35. The highest BCUT2D eigenvalue weighted by molar-refractivity contribution is 6.28. The van der Waals surface area contributed by atoms with Gasteiger partial charge in [-0.2, -0.15) is 0 Å². The predicted molar refractivity (Wildman–Crippen MR) is 89.7 cm³/mol. The zero-order valence-corrected chi connectivity index (χ0v) is 14.6. The van der Waals surface area contributed by atoms with Crippen LogP contribution in [0, 0.1) is 0 Å². The third kappa shape index (κ3) is 3.65. The average molecular weight is 411 g/mol. The van der Waals surface area contributed by atoms with E-state index in [-0.39, 0.29) is 28.7 Å². The lowest BCUT2D eigenvalue weighted by atomic mass is 10.0. The van der Waals surface area contributed by atoms with Crippen molar-refractivity contribution >= 4 is 17.6 Å². The summed E-state index contributed by atoms with van der Waals surface area (Å²) >= 11 is 5.99. The molecule has 0 bridgehead atoms. The van der Waals surface area contributed by atoms with Crippen LogP contribution in [0.1, 0.15) is 27.7 Å². The first-order valence-electron chi connectivity index (χ1n) is 7.97. The van der Waals surface area contributed by atoms with Crippen LogP contribution < -0.4 is 4.74 Å². The van der Waals surface area contributed by atoms with E-state index in [9.17, 15) is 18.0 Å². The van der Waals surface area contributed by atoms with E-state index in [1.54, 1.807) is 12.1 Å². The highest BCUT2D eigenvalue weighted by atomic mass is 35.5. The van der Waals surface area contributed by atoms with E-state index < -0.39 is 18.4 Å². The number of aromatic nitrogens is 2. The summed E-state index contributed by atoms with van der Waals surface area (Å²) in [5.41, 5.74) is 1.30. The van der Waals surface area contributed by atoms with Crippen LogP contribution in [0.5, 0.6) is 5.75 Å². The molecule has 28 heavy (non-hydrogen) atoms. The van der Waals surface area contributed by atoms with Gasteiger partial charge in [0.1, 0.15) is 28.8 Å². The Morgan fingerprint density at radius 3 is 2.54 bits per heavy atom. The minimum atomic E-state index is -4.77. The molecule has 1 aliphatic rings. The van der Waals surface area contributed by atoms with E-state index in [1.165, 1.54) is 30.5 Å². The molecular weight excluding hydrogens is 401 g/mol. The normalized spacial score (nSPS) is 16.0. The summed E-state index contributed by atoms with van der Waals surface area (Å²) in [4.78, 5) is 20.5. The number of halogens is 4. The van der Waals surface area contributed by atoms with Gasteiger partial charge in [0.25, 0.3) is 0 Å². The SMILES string of the molecule is O=C1OC(Cc2ccc(OC(F)(F)F)cc2)c2nc(Cl)nc(-c3ccco3)c21. The number of carbonyl (C=O) groups excluding carboxylic acids is 1. The van der Waals surface area contributed by atoms with E-state index in [4.69, 9.17) is 20.8 Å². The van der Waals surface area contributed by atoms with Gasteiger partial charge in [0.2, 0.25) is 5.28 Å². The van der Waals surface area contributed by atoms with E-state index in [0.717, 1.165) is 0 Å². The summed E-state index contributed by atoms with van der Waals surface area (Å²) in [6, 6.07) is 8.52. The third-order valence-electron chi connectivity index (χ3n) is 4.00. The van der Waals surface area contributed by atoms with Crippen molar-refractivity contribution in [3.05, 3.63) is 64.8 Å². The number of furan rings is 1. The van der Waals surface area contributed by atoms with Gasteiger partial charge in [-0.25, -0.2) is 14.8 Å². The molecule has 2 aromatic heterocycles. The minimum Gasteiger partial charge on any atom is -0.463 e. The minimum absolute atomic E-state index is 0.0811. The lowest BCUT2D eigenvalue weighted by molar-refractivity contribution is -0.274. The topological polar surface area (TPSA) is 74.5 Å². The molecule has 1 atom stereocenters. The van der Waals surface area contributed by atoms with Gasteiger partial charge in [-0.05, 0) is 41.4 Å². The molecule has 0 spiro atoms. The number of rotatable bonds is 4. The molecule has 10 heteroatoms. The molecule has 1 aromatic carbocycles. The maximum atomic E-state index is 12.4. The third-order valence-corrected chi connectivity index (χ3v) is 4.17. The summed E-state index contributed by atoms with van der Waals surface area (Å²) in [7, 11) is 0. The molecule has 3 aromatic rings. The summed E-state index contributed by atoms with van der Waals surface area (Å²) in [6.45, 7) is 0. The first-order chi connectivity index (χ1) is 13.3. The lowest BCUT2D eigenvalue weighted by Gasteiger charge is -2.12. The number of cyclic esters (lactones) is 1. The monoisotopic (exact) mass is 410 g/mol. The summed E-state index contributed by atoms with van der Waals surface area (Å²) in [5.74, 6) is -0.627. The zero-order valence-electron chi connectivity index (χ0n) is 13.9. The highest BCUT2D eigenvalue weighted by Gasteiger charge is 2.37. The van der Waals surface area contributed by atoms with Crippen LogP contribution in [0.15, 0.2) is 47.1 Å². The van der Waals surface area contributed by atoms with Crippen molar-refractivity contribution in [1.29, 1.82) is 0 Å². The Morgan fingerprint density at radius 2 is 1.89 bits per heavy atom. The Balaban J connectivity index is 1.62. The Bertz CT molecular complexity index is 1020. The number of esters is 1. The highest BCUT2D eigenvalue weighted by Crippen LogP contribution is 2.38. The number of carbonyl (C=O) groups is 1. The van der Waals surface area contributed by atoms with Crippen LogP contribution in [0.4, 0.5) is 13.2 Å². The van der Waals surface area contributed by atoms with Gasteiger partial charge >= 0.3 is 12.3 Å². The molecule has 0 saturated heterocycles. The largest absolute Gasteiger partial charge is 0.573 e. The quantitative estimate of drug-likeness (QED) is 0.457. The van der Waals surface area contributed by atoms with Crippen LogP contribution in [0.25, 0.3) is 11.5 Å². The Labute approximate surface area is 160 Å². The van der Waals surface area contributed by atoms with E-state index in [0.29, 0.717) is 17.0 Å². The summed E-state index contributed by atoms with van der Waals surface area (Å²) < 4.78 is 51.3. The van der Waals surface area contributed by atoms with Crippen molar-refractivity contribution in [3.63, 3.8) is 0 Å². The molecule has 0 saturated carbocycles. The number of alkyl halides is 3. The molecule has 0 N–H and O–H groups in total. The molecule has 4 rings (SSSR count). The smallest absolute Gasteiger partial charge is 0.463 e.